The van der Waals surface area contributed by atoms with Crippen LogP contribution in [-0.2, 0) is 11.0 Å². The molecule has 2 N–H and O–H groups in total. The van der Waals surface area contributed by atoms with Gasteiger partial charge in [-0.2, -0.15) is 13.2 Å². The minimum Gasteiger partial charge on any atom is -0.484 e. The number of nitrogens with two attached hydrogens (primary N) is 1. The largest absolute Gasteiger partial charge is 0.484 e. The number of hydrogen-bond donors (Lipinski definition) is 1. The number of carbonyl (C=O) groups is 1. The van der Waals surface area contributed by atoms with Gasteiger partial charge in [-0.15, -0.1) is 12.4 Å². The fraction of sp³-hybridized carbons (Fsp3) is 0.562. The molecule has 0 radical (unpaired) electrons. The third-order valence-corrected chi connectivity index (χ3v) is 3.62. The number of ether oxygens (including phenoxy) is 1. The Morgan fingerprint density at radius 1 is 1.25 bits per heavy atom. The molecule has 1 amide bonds. The topological polar surface area (TPSA) is 55.6 Å². The van der Waals surface area contributed by atoms with Gasteiger partial charge in [-0.05, 0) is 36.6 Å². The minimum atomic E-state index is -4.39. The predicted octanol–water partition coefficient (Wildman–Crippen LogP) is 3.34. The van der Waals surface area contributed by atoms with Crippen molar-refractivity contribution in [3.63, 3.8) is 0 Å². The number of benzene rings is 1. The van der Waals surface area contributed by atoms with Crippen molar-refractivity contribution in [1.29, 1.82) is 0 Å². The number of rotatable bonds is 7. The molecule has 1 rings (SSSR count). The van der Waals surface area contributed by atoms with Crippen molar-refractivity contribution in [2.45, 2.75) is 32.5 Å². The molecule has 0 aliphatic heterocycles. The van der Waals surface area contributed by atoms with Gasteiger partial charge in [0.25, 0.3) is 5.91 Å². The second kappa shape index (κ2) is 9.74. The quantitative estimate of drug-likeness (QED) is 0.803. The monoisotopic (exact) mass is 368 g/mol. The molecule has 0 spiro atoms. The molecular weight excluding hydrogens is 345 g/mol. The number of amides is 1. The highest BCUT2D eigenvalue weighted by Crippen LogP contribution is 2.30. The Labute approximate surface area is 146 Å². The second-order valence-electron chi connectivity index (χ2n) is 5.82. The Morgan fingerprint density at radius 2 is 1.79 bits per heavy atom. The van der Waals surface area contributed by atoms with Crippen LogP contribution in [0, 0.1) is 5.92 Å². The van der Waals surface area contributed by atoms with Crippen molar-refractivity contribution in [3.8, 4) is 5.75 Å². The van der Waals surface area contributed by atoms with Crippen LogP contribution in [0.3, 0.4) is 0 Å². The highest BCUT2D eigenvalue weighted by molar-refractivity contribution is 5.85. The molecule has 0 heterocycles. The minimum absolute atomic E-state index is 0. The summed E-state index contributed by atoms with van der Waals surface area (Å²) in [7, 11) is 1.64. The van der Waals surface area contributed by atoms with Gasteiger partial charge in [0.05, 0.1) is 5.56 Å². The van der Waals surface area contributed by atoms with E-state index in [-0.39, 0.29) is 36.7 Å². The highest BCUT2D eigenvalue weighted by atomic mass is 35.5. The Kier molecular flexibility index (Phi) is 9.14. The Balaban J connectivity index is 0.00000529. The number of likely N-dealkylation sites (N-methyl/N-ethyl adjacent to an activating group) is 1. The molecule has 138 valence electrons. The van der Waals surface area contributed by atoms with E-state index < -0.39 is 11.7 Å². The fourth-order valence-electron chi connectivity index (χ4n) is 1.80. The average Bonchev–Trinajstić information content (AvgIpc) is 2.49. The molecule has 0 saturated carbocycles. The fourth-order valence-corrected chi connectivity index (χ4v) is 1.80. The van der Waals surface area contributed by atoms with Gasteiger partial charge in [-0.1, -0.05) is 13.8 Å². The molecule has 0 aliphatic rings. The van der Waals surface area contributed by atoms with Gasteiger partial charge in [0.2, 0.25) is 0 Å². The molecule has 0 saturated heterocycles. The van der Waals surface area contributed by atoms with Crippen molar-refractivity contribution < 1.29 is 22.7 Å². The number of halogens is 4. The molecule has 1 aromatic rings. The third kappa shape index (κ3) is 7.40. The first kappa shape index (κ1) is 22.5. The SMILES string of the molecule is CC(C)C(N)CCN(C)C(=O)COc1ccc(C(F)(F)F)cc1.Cl. The van der Waals surface area contributed by atoms with E-state index in [2.05, 4.69) is 0 Å². The molecule has 1 atom stereocenters. The lowest BCUT2D eigenvalue weighted by molar-refractivity contribution is -0.137. The van der Waals surface area contributed by atoms with Gasteiger partial charge in [-0.3, -0.25) is 4.79 Å². The van der Waals surface area contributed by atoms with Crippen LogP contribution >= 0.6 is 12.4 Å². The third-order valence-electron chi connectivity index (χ3n) is 3.62. The standard InChI is InChI=1S/C16H23F3N2O2.ClH/c1-11(2)14(20)8-9-21(3)15(22)10-23-13-6-4-12(5-7-13)16(17,18)19;/h4-7,11,14H,8-10,20H2,1-3H3;1H. The van der Waals surface area contributed by atoms with Crippen molar-refractivity contribution in [2.24, 2.45) is 11.7 Å². The van der Waals surface area contributed by atoms with Gasteiger partial charge in [-0.25, -0.2) is 0 Å². The molecule has 0 bridgehead atoms. The maximum atomic E-state index is 12.4. The number of alkyl halides is 3. The van der Waals surface area contributed by atoms with Crippen LogP contribution in [0.2, 0.25) is 0 Å². The molecule has 1 unspecified atom stereocenters. The summed E-state index contributed by atoms with van der Waals surface area (Å²) >= 11 is 0. The van der Waals surface area contributed by atoms with Crippen LogP contribution in [0.4, 0.5) is 13.2 Å². The summed E-state index contributed by atoms with van der Waals surface area (Å²) in [5.74, 6) is 0.307. The molecule has 8 heteroatoms. The lowest BCUT2D eigenvalue weighted by Gasteiger charge is -2.21. The maximum absolute atomic E-state index is 12.4. The summed E-state index contributed by atoms with van der Waals surface area (Å²) < 4.78 is 42.5. The van der Waals surface area contributed by atoms with Crippen LogP contribution in [-0.4, -0.2) is 37.0 Å². The van der Waals surface area contributed by atoms with E-state index in [1.54, 1.807) is 7.05 Å². The highest BCUT2D eigenvalue weighted by Gasteiger charge is 2.30. The number of carbonyl (C=O) groups excluding carboxylic acids is 1. The first-order valence-electron chi connectivity index (χ1n) is 7.41. The van der Waals surface area contributed by atoms with E-state index >= 15 is 0 Å². The van der Waals surface area contributed by atoms with E-state index in [0.717, 1.165) is 12.1 Å². The van der Waals surface area contributed by atoms with Gasteiger partial charge >= 0.3 is 6.18 Å². The molecule has 4 nitrogen and oxygen atoms in total. The van der Waals surface area contributed by atoms with Crippen molar-refractivity contribution in [3.05, 3.63) is 29.8 Å². The van der Waals surface area contributed by atoms with E-state index in [1.165, 1.54) is 17.0 Å². The van der Waals surface area contributed by atoms with E-state index in [1.807, 2.05) is 13.8 Å². The molecule has 0 fully saturated rings. The van der Waals surface area contributed by atoms with E-state index in [9.17, 15) is 18.0 Å². The van der Waals surface area contributed by atoms with E-state index in [4.69, 9.17) is 10.5 Å². The van der Waals surface area contributed by atoms with Crippen LogP contribution in [0.5, 0.6) is 5.75 Å². The van der Waals surface area contributed by atoms with Crippen LogP contribution in [0.1, 0.15) is 25.8 Å². The van der Waals surface area contributed by atoms with Crippen LogP contribution in [0.15, 0.2) is 24.3 Å². The van der Waals surface area contributed by atoms with Crippen LogP contribution < -0.4 is 10.5 Å². The maximum Gasteiger partial charge on any atom is 0.416 e. The zero-order valence-electron chi connectivity index (χ0n) is 14.0. The molecule has 0 aromatic heterocycles. The molecule has 0 aliphatic carbocycles. The zero-order chi connectivity index (χ0) is 17.6. The zero-order valence-corrected chi connectivity index (χ0v) is 14.8. The molecular formula is C16H24ClF3N2O2. The Hall–Kier alpha value is -1.47. The second-order valence-corrected chi connectivity index (χ2v) is 5.82. The first-order valence-corrected chi connectivity index (χ1v) is 7.41. The summed E-state index contributed by atoms with van der Waals surface area (Å²) in [6, 6.07) is 4.26. The molecule has 24 heavy (non-hydrogen) atoms. The summed E-state index contributed by atoms with van der Waals surface area (Å²) in [6.45, 7) is 4.31. The van der Waals surface area contributed by atoms with Crippen LogP contribution in [0.25, 0.3) is 0 Å². The smallest absolute Gasteiger partial charge is 0.416 e. The Morgan fingerprint density at radius 3 is 2.25 bits per heavy atom. The summed E-state index contributed by atoms with van der Waals surface area (Å²) in [5.41, 5.74) is 5.16. The van der Waals surface area contributed by atoms with Crippen molar-refractivity contribution in [1.82, 2.24) is 4.90 Å². The Bertz CT molecular complexity index is 507. The normalized spacial score (nSPS) is 12.5. The summed E-state index contributed by atoms with van der Waals surface area (Å²) in [5, 5.41) is 0. The lowest BCUT2D eigenvalue weighted by atomic mass is 10.0. The number of nitrogens with zero attached hydrogens (tertiary/aromatic N) is 1. The summed E-state index contributed by atoms with van der Waals surface area (Å²) in [4.78, 5) is 13.4. The first-order chi connectivity index (χ1) is 10.6. The predicted molar refractivity (Wildman–Crippen MR) is 89.3 cm³/mol. The van der Waals surface area contributed by atoms with Gasteiger partial charge < -0.3 is 15.4 Å². The van der Waals surface area contributed by atoms with Crippen molar-refractivity contribution >= 4 is 18.3 Å². The average molecular weight is 369 g/mol. The van der Waals surface area contributed by atoms with Gasteiger partial charge in [0, 0.05) is 19.6 Å². The van der Waals surface area contributed by atoms with E-state index in [0.29, 0.717) is 18.9 Å². The van der Waals surface area contributed by atoms with Crippen molar-refractivity contribution in [2.75, 3.05) is 20.2 Å². The number of hydrogen-bond acceptors (Lipinski definition) is 3. The molecule has 1 aromatic carbocycles. The van der Waals surface area contributed by atoms with Gasteiger partial charge in [0.1, 0.15) is 5.75 Å². The summed E-state index contributed by atoms with van der Waals surface area (Å²) in [6.07, 6.45) is -3.70. The lowest BCUT2D eigenvalue weighted by Crippen LogP contribution is -2.36. The van der Waals surface area contributed by atoms with Gasteiger partial charge in [0.15, 0.2) is 6.61 Å².